The molecule has 0 atom stereocenters. The van der Waals surface area contributed by atoms with Crippen LogP contribution in [0.4, 0.5) is 0 Å². The van der Waals surface area contributed by atoms with Crippen molar-refractivity contribution in [1.82, 2.24) is 20.8 Å². The molecule has 0 aliphatic rings. The molecule has 0 aromatic carbocycles. The van der Waals surface area contributed by atoms with Crippen molar-refractivity contribution in [1.29, 1.82) is 0 Å². The molecule has 2 aromatic rings. The lowest BCUT2D eigenvalue weighted by Gasteiger charge is -2.13. The van der Waals surface area contributed by atoms with Crippen molar-refractivity contribution in [3.8, 4) is 0 Å². The van der Waals surface area contributed by atoms with Gasteiger partial charge < -0.3 is 15.2 Å². The van der Waals surface area contributed by atoms with Gasteiger partial charge in [0, 0.05) is 23.4 Å². The Kier molecular flexibility index (Phi) is 9.02. The molecular formula is C18H30IN5OS. The number of nitrogens with zero attached hydrogens (tertiary/aromatic N) is 3. The Morgan fingerprint density at radius 1 is 1.31 bits per heavy atom. The van der Waals surface area contributed by atoms with E-state index < -0.39 is 0 Å². The summed E-state index contributed by atoms with van der Waals surface area (Å²) in [5.41, 5.74) is 2.04. The number of thiazole rings is 1. The molecule has 8 heteroatoms. The van der Waals surface area contributed by atoms with Crippen LogP contribution in [0, 0.1) is 0 Å². The van der Waals surface area contributed by atoms with E-state index in [1.54, 1.807) is 11.3 Å². The average Bonchev–Trinajstić information content (AvgIpc) is 3.18. The predicted molar refractivity (Wildman–Crippen MR) is 118 cm³/mol. The van der Waals surface area contributed by atoms with Crippen LogP contribution in [0.25, 0.3) is 0 Å². The minimum atomic E-state index is 0. The highest BCUT2D eigenvalue weighted by Gasteiger charge is 2.17. The van der Waals surface area contributed by atoms with Gasteiger partial charge >= 0.3 is 0 Å². The zero-order valence-electron chi connectivity index (χ0n) is 16.4. The van der Waals surface area contributed by atoms with E-state index in [0.29, 0.717) is 19.0 Å². The molecule has 0 fully saturated rings. The van der Waals surface area contributed by atoms with Crippen LogP contribution in [0.1, 0.15) is 69.6 Å². The molecular weight excluding hydrogens is 461 g/mol. The molecule has 0 saturated heterocycles. The lowest BCUT2D eigenvalue weighted by molar-refractivity contribution is 0.372. The summed E-state index contributed by atoms with van der Waals surface area (Å²) in [4.78, 5) is 9.29. The lowest BCUT2D eigenvalue weighted by Crippen LogP contribution is -2.36. The predicted octanol–water partition coefficient (Wildman–Crippen LogP) is 4.43. The molecule has 0 amide bonds. The number of aromatic nitrogens is 2. The highest BCUT2D eigenvalue weighted by Crippen LogP contribution is 2.25. The monoisotopic (exact) mass is 491 g/mol. The second-order valence-corrected chi connectivity index (χ2v) is 8.17. The third-order valence-electron chi connectivity index (χ3n) is 3.54. The van der Waals surface area contributed by atoms with Gasteiger partial charge in [-0.05, 0) is 12.8 Å². The lowest BCUT2D eigenvalue weighted by atomic mass is 9.98. The number of halogens is 1. The second-order valence-electron chi connectivity index (χ2n) is 7.32. The third-order valence-corrected chi connectivity index (χ3v) is 4.85. The van der Waals surface area contributed by atoms with E-state index in [2.05, 4.69) is 65.8 Å². The van der Waals surface area contributed by atoms with Crippen LogP contribution in [0.3, 0.4) is 0 Å². The Bertz CT molecular complexity index is 703. The summed E-state index contributed by atoms with van der Waals surface area (Å²) in [6.45, 7) is 14.7. The molecule has 2 aromatic heterocycles. The van der Waals surface area contributed by atoms with E-state index in [1.807, 2.05) is 13.0 Å². The number of aliphatic imine (C=N–C) groups is 1. The fourth-order valence-corrected chi connectivity index (χ4v) is 2.98. The smallest absolute Gasteiger partial charge is 0.192 e. The number of rotatable bonds is 6. The topological polar surface area (TPSA) is 75.3 Å². The molecule has 146 valence electrons. The second kappa shape index (κ2) is 10.2. The molecule has 6 nitrogen and oxygen atoms in total. The van der Waals surface area contributed by atoms with Crippen LogP contribution in [-0.4, -0.2) is 22.6 Å². The third kappa shape index (κ3) is 6.86. The van der Waals surface area contributed by atoms with E-state index in [9.17, 15) is 0 Å². The average molecular weight is 491 g/mol. The fourth-order valence-electron chi connectivity index (χ4n) is 2.08. The van der Waals surface area contributed by atoms with Crippen LogP contribution in [-0.2, 0) is 18.5 Å². The summed E-state index contributed by atoms with van der Waals surface area (Å²) >= 11 is 1.69. The highest BCUT2D eigenvalue weighted by molar-refractivity contribution is 14.0. The Morgan fingerprint density at radius 3 is 2.58 bits per heavy atom. The van der Waals surface area contributed by atoms with Crippen molar-refractivity contribution in [2.75, 3.05) is 6.54 Å². The maximum Gasteiger partial charge on any atom is 0.192 e. The van der Waals surface area contributed by atoms with Gasteiger partial charge in [0.1, 0.15) is 0 Å². The van der Waals surface area contributed by atoms with Gasteiger partial charge in [-0.3, -0.25) is 0 Å². The van der Waals surface area contributed by atoms with Crippen LogP contribution in [0.2, 0.25) is 0 Å². The SMILES string of the molecule is CCNC(=NCc1csc(C(C)(C)C)n1)NCc1cc(C(C)C)no1.I. The van der Waals surface area contributed by atoms with Crippen molar-refractivity contribution in [2.45, 2.75) is 66.0 Å². The molecule has 0 aliphatic heterocycles. The molecule has 0 saturated carbocycles. The number of hydrogen-bond acceptors (Lipinski definition) is 5. The molecule has 26 heavy (non-hydrogen) atoms. The highest BCUT2D eigenvalue weighted by atomic mass is 127. The van der Waals surface area contributed by atoms with Gasteiger partial charge in [-0.1, -0.05) is 39.8 Å². The molecule has 0 radical (unpaired) electrons. The van der Waals surface area contributed by atoms with E-state index >= 15 is 0 Å². The molecule has 2 rings (SSSR count). The maximum absolute atomic E-state index is 5.35. The van der Waals surface area contributed by atoms with Gasteiger partial charge in [0.05, 0.1) is 29.5 Å². The van der Waals surface area contributed by atoms with Crippen molar-refractivity contribution in [3.63, 3.8) is 0 Å². The van der Waals surface area contributed by atoms with Crippen LogP contribution >= 0.6 is 35.3 Å². The number of hydrogen-bond donors (Lipinski definition) is 2. The van der Waals surface area contributed by atoms with Crippen molar-refractivity contribution >= 4 is 41.3 Å². The molecule has 2 heterocycles. The Balaban J connectivity index is 0.00000338. The fraction of sp³-hybridized carbons (Fsp3) is 0.611. The Hall–Kier alpha value is -1.16. The standard InChI is InChI=1S/C18H29N5OS.HI/c1-7-19-17(21-10-14-8-15(12(2)3)23-24-14)20-9-13-11-25-16(22-13)18(4,5)6;/h8,11-12H,7,9-10H2,1-6H3,(H2,19,20,21);1H. The quantitative estimate of drug-likeness (QED) is 0.356. The molecule has 2 N–H and O–H groups in total. The minimum Gasteiger partial charge on any atom is -0.359 e. The van der Waals surface area contributed by atoms with Crippen molar-refractivity contribution < 1.29 is 4.52 Å². The van der Waals surface area contributed by atoms with Gasteiger partial charge in [-0.25, -0.2) is 9.98 Å². The van der Waals surface area contributed by atoms with Crippen molar-refractivity contribution in [2.24, 2.45) is 4.99 Å². The van der Waals surface area contributed by atoms with Gasteiger partial charge in [0.25, 0.3) is 0 Å². The summed E-state index contributed by atoms with van der Waals surface area (Å²) in [5.74, 6) is 1.91. The first-order chi connectivity index (χ1) is 11.8. The van der Waals surface area contributed by atoms with Gasteiger partial charge in [-0.15, -0.1) is 35.3 Å². The first-order valence-electron chi connectivity index (χ1n) is 8.72. The summed E-state index contributed by atoms with van der Waals surface area (Å²) in [6, 6.07) is 1.98. The number of nitrogens with one attached hydrogen (secondary N) is 2. The van der Waals surface area contributed by atoms with E-state index in [4.69, 9.17) is 4.52 Å². The zero-order valence-corrected chi connectivity index (χ0v) is 19.6. The van der Waals surface area contributed by atoms with Gasteiger partial charge in [0.2, 0.25) is 0 Å². The Morgan fingerprint density at radius 2 is 2.04 bits per heavy atom. The van der Waals surface area contributed by atoms with E-state index in [0.717, 1.165) is 34.7 Å². The maximum atomic E-state index is 5.35. The minimum absolute atomic E-state index is 0. The largest absolute Gasteiger partial charge is 0.359 e. The van der Waals surface area contributed by atoms with Crippen LogP contribution in [0.15, 0.2) is 21.0 Å². The summed E-state index contributed by atoms with van der Waals surface area (Å²) < 4.78 is 5.35. The summed E-state index contributed by atoms with van der Waals surface area (Å²) in [7, 11) is 0. The molecule has 0 bridgehead atoms. The van der Waals surface area contributed by atoms with E-state index in [-0.39, 0.29) is 29.4 Å². The van der Waals surface area contributed by atoms with Crippen LogP contribution in [0.5, 0.6) is 0 Å². The van der Waals surface area contributed by atoms with Gasteiger partial charge in [0.15, 0.2) is 11.7 Å². The number of guanidine groups is 1. The first-order valence-corrected chi connectivity index (χ1v) is 9.60. The van der Waals surface area contributed by atoms with E-state index in [1.165, 1.54) is 0 Å². The van der Waals surface area contributed by atoms with Crippen molar-refractivity contribution in [3.05, 3.63) is 33.6 Å². The van der Waals surface area contributed by atoms with Gasteiger partial charge in [-0.2, -0.15) is 0 Å². The zero-order chi connectivity index (χ0) is 18.4. The summed E-state index contributed by atoms with van der Waals surface area (Å²) in [5, 5.41) is 13.8. The molecule has 0 aliphatic carbocycles. The van der Waals surface area contributed by atoms with Crippen LogP contribution < -0.4 is 10.6 Å². The molecule has 0 spiro atoms. The molecule has 0 unspecified atom stereocenters. The normalized spacial score (nSPS) is 12.2. The first kappa shape index (κ1) is 22.9. The summed E-state index contributed by atoms with van der Waals surface area (Å²) in [6.07, 6.45) is 0. The Labute approximate surface area is 177 Å².